The molecular formula is C17H19N3O3S. The summed E-state index contributed by atoms with van der Waals surface area (Å²) in [6.07, 6.45) is 1.56. The molecule has 3 amide bonds. The molecule has 1 aromatic heterocycles. The zero-order chi connectivity index (χ0) is 16.8. The zero-order valence-electron chi connectivity index (χ0n) is 13.2. The van der Waals surface area contributed by atoms with Gasteiger partial charge in [-0.3, -0.25) is 4.79 Å². The minimum absolute atomic E-state index is 0.00921. The van der Waals surface area contributed by atoms with Crippen molar-refractivity contribution in [2.75, 3.05) is 29.9 Å². The van der Waals surface area contributed by atoms with Gasteiger partial charge in [0.05, 0.1) is 12.8 Å². The summed E-state index contributed by atoms with van der Waals surface area (Å²) in [5, 5.41) is 5.44. The summed E-state index contributed by atoms with van der Waals surface area (Å²) in [5.41, 5.74) is 1.18. The number of anilines is 1. The predicted octanol–water partition coefficient (Wildman–Crippen LogP) is 2.79. The Labute approximate surface area is 144 Å². The van der Waals surface area contributed by atoms with E-state index in [1.165, 1.54) is 0 Å². The van der Waals surface area contributed by atoms with Gasteiger partial charge in [-0.05, 0) is 30.3 Å². The number of amides is 3. The van der Waals surface area contributed by atoms with Crippen LogP contribution in [0.3, 0.4) is 0 Å². The fourth-order valence-corrected chi connectivity index (χ4v) is 3.34. The lowest BCUT2D eigenvalue weighted by Gasteiger charge is -2.26. The molecule has 0 saturated carbocycles. The number of furan rings is 1. The fourth-order valence-electron chi connectivity index (χ4n) is 2.43. The van der Waals surface area contributed by atoms with Crippen LogP contribution in [0.2, 0.25) is 0 Å². The number of benzene rings is 1. The summed E-state index contributed by atoms with van der Waals surface area (Å²) in [6.45, 7) is 1.85. The van der Waals surface area contributed by atoms with Crippen molar-refractivity contribution in [3.63, 3.8) is 0 Å². The molecule has 1 aromatic carbocycles. The van der Waals surface area contributed by atoms with E-state index in [1.54, 1.807) is 42.7 Å². The van der Waals surface area contributed by atoms with Gasteiger partial charge in [0.2, 0.25) is 0 Å². The van der Waals surface area contributed by atoms with Crippen LogP contribution in [0.4, 0.5) is 10.5 Å². The summed E-state index contributed by atoms with van der Waals surface area (Å²) in [5.74, 6) is 2.63. The van der Waals surface area contributed by atoms with Gasteiger partial charge >= 0.3 is 6.03 Å². The Balaban J connectivity index is 1.58. The van der Waals surface area contributed by atoms with E-state index < -0.39 is 0 Å². The molecule has 1 aliphatic rings. The van der Waals surface area contributed by atoms with Gasteiger partial charge in [0.1, 0.15) is 5.76 Å². The van der Waals surface area contributed by atoms with Crippen LogP contribution in [0, 0.1) is 0 Å². The van der Waals surface area contributed by atoms with Crippen LogP contribution < -0.4 is 10.6 Å². The van der Waals surface area contributed by atoms with E-state index in [4.69, 9.17) is 4.42 Å². The van der Waals surface area contributed by atoms with Crippen LogP contribution in [-0.2, 0) is 6.54 Å². The SMILES string of the molecule is O=C(NCc1ccco1)Nc1cccc(C(=O)N2CCSCC2)c1. The number of thioether (sulfide) groups is 1. The highest BCUT2D eigenvalue weighted by Crippen LogP contribution is 2.16. The first kappa shape index (κ1) is 16.4. The number of urea groups is 1. The minimum Gasteiger partial charge on any atom is -0.467 e. The topological polar surface area (TPSA) is 74.6 Å². The molecule has 2 heterocycles. The number of hydrogen-bond acceptors (Lipinski definition) is 4. The van der Waals surface area contributed by atoms with Gasteiger partial charge in [0.15, 0.2) is 0 Å². The summed E-state index contributed by atoms with van der Waals surface area (Å²) in [4.78, 5) is 26.3. The van der Waals surface area contributed by atoms with Crippen LogP contribution >= 0.6 is 11.8 Å². The predicted molar refractivity (Wildman–Crippen MR) is 94.2 cm³/mol. The summed E-state index contributed by atoms with van der Waals surface area (Å²) >= 11 is 1.86. The highest BCUT2D eigenvalue weighted by molar-refractivity contribution is 7.99. The summed E-state index contributed by atoms with van der Waals surface area (Å²) in [6, 6.07) is 10.2. The lowest BCUT2D eigenvalue weighted by atomic mass is 10.1. The molecule has 0 unspecified atom stereocenters. The van der Waals surface area contributed by atoms with E-state index in [-0.39, 0.29) is 11.9 Å². The van der Waals surface area contributed by atoms with E-state index in [1.807, 2.05) is 16.7 Å². The Morgan fingerprint density at radius 1 is 1.17 bits per heavy atom. The van der Waals surface area contributed by atoms with E-state index in [2.05, 4.69) is 10.6 Å². The molecule has 0 atom stereocenters. The lowest BCUT2D eigenvalue weighted by molar-refractivity contribution is 0.0772. The highest BCUT2D eigenvalue weighted by Gasteiger charge is 2.18. The Hall–Kier alpha value is -2.41. The van der Waals surface area contributed by atoms with Crippen molar-refractivity contribution < 1.29 is 14.0 Å². The second-order valence-corrected chi connectivity index (χ2v) is 6.60. The Morgan fingerprint density at radius 3 is 2.75 bits per heavy atom. The van der Waals surface area contributed by atoms with Crippen molar-refractivity contribution in [3.05, 3.63) is 54.0 Å². The second kappa shape index (κ2) is 7.92. The first-order valence-corrected chi connectivity index (χ1v) is 8.92. The van der Waals surface area contributed by atoms with Crippen LogP contribution in [0.25, 0.3) is 0 Å². The quantitative estimate of drug-likeness (QED) is 0.893. The van der Waals surface area contributed by atoms with Crippen molar-refractivity contribution in [2.45, 2.75) is 6.54 Å². The number of carbonyl (C=O) groups is 2. The molecule has 24 heavy (non-hydrogen) atoms. The standard InChI is InChI=1S/C17H19N3O3S/c21-16(20-6-9-24-10-7-20)13-3-1-4-14(11-13)19-17(22)18-12-15-5-2-8-23-15/h1-5,8,11H,6-7,9-10,12H2,(H2,18,19,22). The van der Waals surface area contributed by atoms with Gasteiger partial charge < -0.3 is 20.0 Å². The molecular weight excluding hydrogens is 326 g/mol. The fraction of sp³-hybridized carbons (Fsp3) is 0.294. The normalized spacial score (nSPS) is 14.2. The first-order valence-electron chi connectivity index (χ1n) is 7.77. The number of carbonyl (C=O) groups excluding carboxylic acids is 2. The molecule has 1 aliphatic heterocycles. The van der Waals surface area contributed by atoms with Crippen molar-refractivity contribution in [1.29, 1.82) is 0 Å². The molecule has 0 radical (unpaired) electrons. The van der Waals surface area contributed by atoms with Crippen LogP contribution in [0.1, 0.15) is 16.1 Å². The molecule has 3 rings (SSSR count). The van der Waals surface area contributed by atoms with Gasteiger partial charge in [-0.25, -0.2) is 4.79 Å². The van der Waals surface area contributed by atoms with Gasteiger partial charge in [-0.15, -0.1) is 0 Å². The molecule has 126 valence electrons. The maximum Gasteiger partial charge on any atom is 0.319 e. The van der Waals surface area contributed by atoms with Crippen LogP contribution in [0.15, 0.2) is 47.1 Å². The van der Waals surface area contributed by atoms with Crippen molar-refractivity contribution in [2.24, 2.45) is 0 Å². The molecule has 1 saturated heterocycles. The number of nitrogens with zero attached hydrogens (tertiary/aromatic N) is 1. The maximum absolute atomic E-state index is 12.5. The van der Waals surface area contributed by atoms with Gasteiger partial charge in [0.25, 0.3) is 5.91 Å². The van der Waals surface area contributed by atoms with E-state index in [9.17, 15) is 9.59 Å². The number of rotatable bonds is 4. The van der Waals surface area contributed by atoms with Gasteiger partial charge in [-0.1, -0.05) is 6.07 Å². The molecule has 7 heteroatoms. The van der Waals surface area contributed by atoms with E-state index in [0.717, 1.165) is 24.6 Å². The van der Waals surface area contributed by atoms with Gasteiger partial charge in [-0.2, -0.15) is 11.8 Å². The first-order chi connectivity index (χ1) is 11.7. The lowest BCUT2D eigenvalue weighted by Crippen LogP contribution is -2.37. The van der Waals surface area contributed by atoms with Crippen LogP contribution in [-0.4, -0.2) is 41.4 Å². The average molecular weight is 345 g/mol. The van der Waals surface area contributed by atoms with Crippen molar-refractivity contribution >= 4 is 29.4 Å². The Morgan fingerprint density at radius 2 is 2.00 bits per heavy atom. The molecule has 0 bridgehead atoms. The zero-order valence-corrected chi connectivity index (χ0v) is 14.0. The monoisotopic (exact) mass is 345 g/mol. The van der Waals surface area contributed by atoms with Crippen molar-refractivity contribution in [1.82, 2.24) is 10.2 Å². The third-order valence-corrected chi connectivity index (χ3v) is 4.61. The van der Waals surface area contributed by atoms with Gasteiger partial charge in [0, 0.05) is 35.8 Å². The molecule has 1 fully saturated rings. The Kier molecular flexibility index (Phi) is 5.43. The largest absolute Gasteiger partial charge is 0.467 e. The number of hydrogen-bond donors (Lipinski definition) is 2. The highest BCUT2D eigenvalue weighted by atomic mass is 32.2. The summed E-state index contributed by atoms with van der Waals surface area (Å²) in [7, 11) is 0. The average Bonchev–Trinajstić information content (AvgIpc) is 3.14. The summed E-state index contributed by atoms with van der Waals surface area (Å²) < 4.78 is 5.16. The molecule has 0 aliphatic carbocycles. The maximum atomic E-state index is 12.5. The number of nitrogens with one attached hydrogen (secondary N) is 2. The molecule has 2 N–H and O–H groups in total. The second-order valence-electron chi connectivity index (χ2n) is 5.37. The third-order valence-electron chi connectivity index (χ3n) is 3.67. The molecule has 0 spiro atoms. The van der Waals surface area contributed by atoms with E-state index in [0.29, 0.717) is 23.6 Å². The molecule has 2 aromatic rings. The van der Waals surface area contributed by atoms with Crippen molar-refractivity contribution in [3.8, 4) is 0 Å². The smallest absolute Gasteiger partial charge is 0.319 e. The Bertz CT molecular complexity index is 697. The third kappa shape index (κ3) is 4.32. The van der Waals surface area contributed by atoms with Crippen LogP contribution in [0.5, 0.6) is 0 Å². The molecule has 6 nitrogen and oxygen atoms in total. The van der Waals surface area contributed by atoms with E-state index >= 15 is 0 Å². The minimum atomic E-state index is -0.342.